The van der Waals surface area contributed by atoms with Gasteiger partial charge in [-0.2, -0.15) is 0 Å². The van der Waals surface area contributed by atoms with Crippen molar-refractivity contribution in [3.8, 4) is 5.75 Å². The van der Waals surface area contributed by atoms with Gasteiger partial charge in [-0.15, -0.1) is 0 Å². The van der Waals surface area contributed by atoms with E-state index in [-0.39, 0.29) is 24.0 Å². The molecule has 6 heteroatoms. The molecule has 0 saturated heterocycles. The molecular weight excluding hydrogens is 398 g/mol. The van der Waals surface area contributed by atoms with Gasteiger partial charge in [-0.25, -0.2) is 4.79 Å². The van der Waals surface area contributed by atoms with E-state index in [2.05, 4.69) is 35.1 Å². The van der Waals surface area contributed by atoms with Crippen molar-refractivity contribution in [3.05, 3.63) is 57.6 Å². The van der Waals surface area contributed by atoms with Crippen LogP contribution in [0.3, 0.4) is 0 Å². The van der Waals surface area contributed by atoms with Crippen LogP contribution in [0.2, 0.25) is 0 Å². The second-order valence-electron chi connectivity index (χ2n) is 6.21. The molecule has 0 saturated carbocycles. The van der Waals surface area contributed by atoms with E-state index in [1.165, 1.54) is 7.11 Å². The highest BCUT2D eigenvalue weighted by Gasteiger charge is 2.16. The fraction of sp³-hybridized carbons (Fsp3) is 0.300. The van der Waals surface area contributed by atoms with Crippen molar-refractivity contribution in [2.24, 2.45) is 0 Å². The molecule has 2 aromatic carbocycles. The summed E-state index contributed by atoms with van der Waals surface area (Å²) in [6, 6.07) is 10.9. The minimum atomic E-state index is -0.525. The molecule has 5 nitrogen and oxygen atoms in total. The van der Waals surface area contributed by atoms with Crippen LogP contribution in [-0.4, -0.2) is 25.6 Å². The van der Waals surface area contributed by atoms with Crippen LogP contribution < -0.4 is 10.1 Å². The Hall–Kier alpha value is -2.34. The first kappa shape index (κ1) is 20.0. The maximum Gasteiger partial charge on any atom is 0.340 e. The van der Waals surface area contributed by atoms with Gasteiger partial charge in [0.1, 0.15) is 5.75 Å². The first-order chi connectivity index (χ1) is 12.3. The summed E-state index contributed by atoms with van der Waals surface area (Å²) in [6.45, 7) is 5.96. The number of esters is 1. The van der Waals surface area contributed by atoms with Crippen molar-refractivity contribution in [3.63, 3.8) is 0 Å². The third kappa shape index (κ3) is 5.08. The number of rotatable bonds is 6. The van der Waals surface area contributed by atoms with Crippen LogP contribution in [0.5, 0.6) is 5.75 Å². The Morgan fingerprint density at radius 1 is 1.15 bits per heavy atom. The molecular formula is C20H22BrNO4. The molecule has 0 atom stereocenters. The van der Waals surface area contributed by atoms with Crippen molar-refractivity contribution in [2.75, 3.05) is 19.0 Å². The number of methoxy groups -OCH3 is 1. The molecule has 0 fully saturated rings. The van der Waals surface area contributed by atoms with Crippen LogP contribution in [0.1, 0.15) is 41.3 Å². The average Bonchev–Trinajstić information content (AvgIpc) is 2.60. The Kier molecular flexibility index (Phi) is 6.80. The summed E-state index contributed by atoms with van der Waals surface area (Å²) in [4.78, 5) is 24.2. The number of carbonyl (C=O) groups is 2. The first-order valence-corrected chi connectivity index (χ1v) is 9.02. The average molecular weight is 420 g/mol. The zero-order valence-electron chi connectivity index (χ0n) is 15.3. The van der Waals surface area contributed by atoms with E-state index >= 15 is 0 Å². The molecule has 2 aromatic rings. The highest BCUT2D eigenvalue weighted by molar-refractivity contribution is 9.10. The van der Waals surface area contributed by atoms with Gasteiger partial charge in [0.05, 0.1) is 18.4 Å². The zero-order valence-corrected chi connectivity index (χ0v) is 16.8. The highest BCUT2D eigenvalue weighted by Crippen LogP contribution is 2.27. The first-order valence-electron chi connectivity index (χ1n) is 8.23. The number of hydrogen-bond donors (Lipinski definition) is 1. The molecule has 0 aliphatic heterocycles. The van der Waals surface area contributed by atoms with Crippen molar-refractivity contribution in [2.45, 2.75) is 26.7 Å². The largest absolute Gasteiger partial charge is 0.483 e. The SMILES string of the molecule is COC(=O)c1cc(Br)ccc1NC(=O)COc1cc(C)ccc1C(C)C. The standard InChI is InChI=1S/C20H22BrNO4/c1-12(2)15-7-5-13(3)9-18(15)26-11-19(23)22-17-8-6-14(21)10-16(17)20(24)25-4/h5-10,12H,11H2,1-4H3,(H,22,23). The third-order valence-corrected chi connectivity index (χ3v) is 4.30. The number of anilines is 1. The van der Waals surface area contributed by atoms with Gasteiger partial charge in [0.25, 0.3) is 5.91 Å². The van der Waals surface area contributed by atoms with Gasteiger partial charge in [0, 0.05) is 4.47 Å². The number of aryl methyl sites for hydroxylation is 1. The normalized spacial score (nSPS) is 10.5. The number of carbonyl (C=O) groups excluding carboxylic acids is 2. The molecule has 0 aliphatic rings. The maximum absolute atomic E-state index is 12.3. The summed E-state index contributed by atoms with van der Waals surface area (Å²) in [7, 11) is 1.29. The van der Waals surface area contributed by atoms with Crippen LogP contribution in [0.25, 0.3) is 0 Å². The molecule has 0 aromatic heterocycles. The van der Waals surface area contributed by atoms with E-state index in [1.807, 2.05) is 25.1 Å². The van der Waals surface area contributed by atoms with Gasteiger partial charge in [0.15, 0.2) is 6.61 Å². The lowest BCUT2D eigenvalue weighted by Crippen LogP contribution is -2.22. The molecule has 0 radical (unpaired) electrons. The molecule has 0 bridgehead atoms. The summed E-state index contributed by atoms with van der Waals surface area (Å²) in [6.07, 6.45) is 0. The van der Waals surface area contributed by atoms with Crippen molar-refractivity contribution in [1.82, 2.24) is 0 Å². The van der Waals surface area contributed by atoms with Gasteiger partial charge >= 0.3 is 5.97 Å². The molecule has 1 N–H and O–H groups in total. The van der Waals surface area contributed by atoms with Crippen LogP contribution in [0, 0.1) is 6.92 Å². The van der Waals surface area contributed by atoms with Crippen LogP contribution in [-0.2, 0) is 9.53 Å². The Bertz CT molecular complexity index is 817. The molecule has 26 heavy (non-hydrogen) atoms. The molecule has 0 heterocycles. The van der Waals surface area contributed by atoms with E-state index in [1.54, 1.807) is 18.2 Å². The fourth-order valence-corrected chi connectivity index (χ4v) is 2.84. The third-order valence-electron chi connectivity index (χ3n) is 3.81. The Balaban J connectivity index is 2.11. The Morgan fingerprint density at radius 3 is 2.54 bits per heavy atom. The van der Waals surface area contributed by atoms with Gasteiger partial charge in [-0.1, -0.05) is 41.9 Å². The van der Waals surface area contributed by atoms with Crippen molar-refractivity contribution in [1.29, 1.82) is 0 Å². The van der Waals surface area contributed by atoms with Gasteiger partial charge in [-0.05, 0) is 48.2 Å². The van der Waals surface area contributed by atoms with E-state index < -0.39 is 5.97 Å². The minimum absolute atomic E-state index is 0.153. The quantitative estimate of drug-likeness (QED) is 0.689. The second-order valence-corrected chi connectivity index (χ2v) is 7.13. The summed E-state index contributed by atoms with van der Waals surface area (Å²) < 4.78 is 11.2. The van der Waals surface area contributed by atoms with Gasteiger partial charge in [0.2, 0.25) is 0 Å². The van der Waals surface area contributed by atoms with Crippen LogP contribution in [0.15, 0.2) is 40.9 Å². The summed E-state index contributed by atoms with van der Waals surface area (Å²) in [5, 5.41) is 2.70. The predicted molar refractivity (Wildman–Crippen MR) is 105 cm³/mol. The van der Waals surface area contributed by atoms with E-state index in [4.69, 9.17) is 9.47 Å². The van der Waals surface area contributed by atoms with Gasteiger partial charge in [-0.3, -0.25) is 4.79 Å². The number of nitrogens with one attached hydrogen (secondary N) is 1. The molecule has 0 aliphatic carbocycles. The van der Waals surface area contributed by atoms with Crippen LogP contribution in [0.4, 0.5) is 5.69 Å². The predicted octanol–water partition coefficient (Wildman–Crippen LogP) is 4.69. The number of ether oxygens (including phenoxy) is 2. The van der Waals surface area contributed by atoms with E-state index in [0.29, 0.717) is 15.9 Å². The molecule has 0 unspecified atom stereocenters. The zero-order chi connectivity index (χ0) is 19.3. The number of benzene rings is 2. The topological polar surface area (TPSA) is 64.6 Å². The molecule has 2 rings (SSSR count). The van der Waals surface area contributed by atoms with Crippen molar-refractivity contribution < 1.29 is 19.1 Å². The summed E-state index contributed by atoms with van der Waals surface area (Å²) in [5.41, 5.74) is 2.75. The highest BCUT2D eigenvalue weighted by atomic mass is 79.9. The number of amides is 1. The monoisotopic (exact) mass is 419 g/mol. The molecule has 1 amide bonds. The number of hydrogen-bond acceptors (Lipinski definition) is 4. The summed E-state index contributed by atoms with van der Waals surface area (Å²) in [5.74, 6) is 0.0993. The maximum atomic E-state index is 12.3. The summed E-state index contributed by atoms with van der Waals surface area (Å²) >= 11 is 3.30. The fourth-order valence-electron chi connectivity index (χ4n) is 2.48. The lowest BCUT2D eigenvalue weighted by Gasteiger charge is -2.15. The lowest BCUT2D eigenvalue weighted by atomic mass is 10.0. The molecule has 0 spiro atoms. The van der Waals surface area contributed by atoms with E-state index in [9.17, 15) is 9.59 Å². The lowest BCUT2D eigenvalue weighted by molar-refractivity contribution is -0.118. The smallest absolute Gasteiger partial charge is 0.340 e. The minimum Gasteiger partial charge on any atom is -0.483 e. The van der Waals surface area contributed by atoms with E-state index in [0.717, 1.165) is 11.1 Å². The van der Waals surface area contributed by atoms with Crippen molar-refractivity contribution >= 4 is 33.5 Å². The van der Waals surface area contributed by atoms with Crippen LogP contribution >= 0.6 is 15.9 Å². The molecule has 138 valence electrons. The Morgan fingerprint density at radius 2 is 1.88 bits per heavy atom. The van der Waals surface area contributed by atoms with Gasteiger partial charge < -0.3 is 14.8 Å². The number of halogens is 1. The Labute approximate surface area is 161 Å². The second kappa shape index (κ2) is 8.85.